The molecule has 200 valence electrons. The van der Waals surface area contributed by atoms with Gasteiger partial charge < -0.3 is 4.90 Å². The number of fused-ring (bicyclic) bond motifs is 6. The van der Waals surface area contributed by atoms with Crippen LogP contribution in [0.5, 0.6) is 0 Å². The molecule has 0 atom stereocenters. The highest BCUT2D eigenvalue weighted by atomic mass is 15.1. The van der Waals surface area contributed by atoms with E-state index in [1.54, 1.807) is 0 Å². The van der Waals surface area contributed by atoms with Crippen LogP contribution in [0.25, 0.3) is 22.3 Å². The van der Waals surface area contributed by atoms with Crippen LogP contribution in [0.4, 0.5) is 11.4 Å². The molecule has 0 aliphatic heterocycles. The number of nitrogens with zero attached hydrogens (tertiary/aromatic N) is 1. The van der Waals surface area contributed by atoms with E-state index < -0.39 is 0 Å². The molecule has 0 amide bonds. The third-order valence-electron chi connectivity index (χ3n) is 8.97. The first-order valence-corrected chi connectivity index (χ1v) is 15.5. The van der Waals surface area contributed by atoms with Crippen LogP contribution >= 0.6 is 0 Å². The van der Waals surface area contributed by atoms with Crippen LogP contribution in [0.1, 0.15) is 93.4 Å². The van der Waals surface area contributed by atoms with Crippen molar-refractivity contribution in [2.45, 2.75) is 84.0 Å². The normalized spacial score (nSPS) is 12.6. The van der Waals surface area contributed by atoms with Crippen LogP contribution in [0, 0.1) is 0 Å². The Hall–Kier alpha value is -3.32. The van der Waals surface area contributed by atoms with Gasteiger partial charge in [-0.05, 0) is 63.1 Å². The first-order valence-electron chi connectivity index (χ1n) is 15.5. The van der Waals surface area contributed by atoms with E-state index in [1.807, 2.05) is 0 Å². The molecule has 6 rings (SSSR count). The van der Waals surface area contributed by atoms with Gasteiger partial charge in [0.2, 0.25) is 0 Å². The van der Waals surface area contributed by atoms with Crippen molar-refractivity contribution in [3.63, 3.8) is 0 Å². The Kier molecular flexibility index (Phi) is 8.14. The molecule has 0 unspecified atom stereocenters. The summed E-state index contributed by atoms with van der Waals surface area (Å²) >= 11 is 0. The first kappa shape index (κ1) is 25.9. The van der Waals surface area contributed by atoms with E-state index in [0.717, 1.165) is 19.4 Å². The van der Waals surface area contributed by atoms with Crippen molar-refractivity contribution in [2.75, 3.05) is 11.4 Å². The summed E-state index contributed by atoms with van der Waals surface area (Å²) in [6, 6.07) is 31.9. The fourth-order valence-corrected chi connectivity index (χ4v) is 6.91. The van der Waals surface area contributed by atoms with Gasteiger partial charge in [0.1, 0.15) is 0 Å². The van der Waals surface area contributed by atoms with Gasteiger partial charge in [-0.15, -0.1) is 0 Å². The van der Waals surface area contributed by atoms with Crippen molar-refractivity contribution in [3.05, 3.63) is 107 Å². The summed E-state index contributed by atoms with van der Waals surface area (Å²) in [6.07, 6.45) is 15.8. The fourth-order valence-electron chi connectivity index (χ4n) is 6.91. The van der Waals surface area contributed by atoms with Gasteiger partial charge in [0.15, 0.2) is 0 Å². The predicted molar refractivity (Wildman–Crippen MR) is 168 cm³/mol. The van der Waals surface area contributed by atoms with Crippen molar-refractivity contribution in [2.24, 2.45) is 0 Å². The average Bonchev–Trinajstić information content (AvgIpc) is 3.55. The third-order valence-corrected chi connectivity index (χ3v) is 8.97. The third kappa shape index (κ3) is 5.42. The molecule has 0 saturated heterocycles. The summed E-state index contributed by atoms with van der Waals surface area (Å²) in [5.41, 5.74) is 14.4. The molecule has 2 aliphatic carbocycles. The summed E-state index contributed by atoms with van der Waals surface area (Å²) in [6.45, 7) is 3.38. The molecule has 4 aromatic rings. The van der Waals surface area contributed by atoms with E-state index in [-0.39, 0.29) is 0 Å². The Morgan fingerprint density at radius 2 is 0.897 bits per heavy atom. The summed E-state index contributed by atoms with van der Waals surface area (Å²) in [5, 5.41) is 0. The first-order chi connectivity index (χ1) is 19.3. The number of unbranched alkanes of at least 4 members (excludes halogenated alkanes) is 9. The van der Waals surface area contributed by atoms with Crippen molar-refractivity contribution in [3.8, 4) is 22.3 Å². The SMILES string of the molecule is CCCCCCCCCCCCN(c1cccc2c1Cc1ccccc1-2)c1cccc2c1Cc1ccccc1-2. The minimum atomic E-state index is 1.03. The lowest BCUT2D eigenvalue weighted by Crippen LogP contribution is -2.21. The van der Waals surface area contributed by atoms with E-state index in [0.29, 0.717) is 0 Å². The van der Waals surface area contributed by atoms with Gasteiger partial charge in [0.05, 0.1) is 0 Å². The lowest BCUT2D eigenvalue weighted by molar-refractivity contribution is 0.557. The lowest BCUT2D eigenvalue weighted by atomic mass is 10.0. The van der Waals surface area contributed by atoms with Gasteiger partial charge in [-0.3, -0.25) is 0 Å². The monoisotopic (exact) mass is 513 g/mol. The molecular weight excluding hydrogens is 470 g/mol. The van der Waals surface area contributed by atoms with Crippen molar-refractivity contribution < 1.29 is 0 Å². The van der Waals surface area contributed by atoms with Gasteiger partial charge in [-0.2, -0.15) is 0 Å². The largest absolute Gasteiger partial charge is 0.341 e. The van der Waals surface area contributed by atoms with Gasteiger partial charge in [0, 0.05) is 30.8 Å². The van der Waals surface area contributed by atoms with E-state index in [1.165, 1.54) is 120 Å². The molecule has 2 aliphatic rings. The van der Waals surface area contributed by atoms with Crippen LogP contribution < -0.4 is 4.90 Å². The Morgan fingerprint density at radius 3 is 1.41 bits per heavy atom. The molecular formula is C38H43N. The number of benzene rings is 4. The Labute approximate surface area is 235 Å². The number of rotatable bonds is 13. The molecule has 0 fully saturated rings. The Morgan fingerprint density at radius 1 is 0.462 bits per heavy atom. The second-order valence-corrected chi connectivity index (χ2v) is 11.6. The summed E-state index contributed by atoms with van der Waals surface area (Å²) in [5.74, 6) is 0. The van der Waals surface area contributed by atoms with Gasteiger partial charge in [0.25, 0.3) is 0 Å². The summed E-state index contributed by atoms with van der Waals surface area (Å²) < 4.78 is 0. The van der Waals surface area contributed by atoms with Gasteiger partial charge in [-0.1, -0.05) is 138 Å². The van der Waals surface area contributed by atoms with Crippen LogP contribution in [-0.2, 0) is 12.8 Å². The summed E-state index contributed by atoms with van der Waals surface area (Å²) in [4.78, 5) is 2.68. The van der Waals surface area contributed by atoms with Crippen LogP contribution in [0.15, 0.2) is 84.9 Å². The molecule has 0 saturated carbocycles. The molecule has 0 spiro atoms. The predicted octanol–water partition coefficient (Wildman–Crippen LogP) is 10.9. The topological polar surface area (TPSA) is 3.24 Å². The zero-order valence-corrected chi connectivity index (χ0v) is 23.7. The zero-order valence-electron chi connectivity index (χ0n) is 23.7. The second-order valence-electron chi connectivity index (χ2n) is 11.6. The minimum absolute atomic E-state index is 1.03. The molecule has 4 aromatic carbocycles. The molecule has 0 heterocycles. The van der Waals surface area contributed by atoms with Crippen LogP contribution in [0.3, 0.4) is 0 Å². The standard InChI is InChI=1S/C38H43N/c1-2-3-4-5-6-7-8-9-10-15-26-39(37-24-16-22-33-31-20-13-11-18-29(31)27-35(33)37)38-25-17-23-34-32-21-14-12-19-30(32)28-36(34)38/h11-14,16-25H,2-10,15,26-28H2,1H3. The number of anilines is 2. The molecule has 0 bridgehead atoms. The fraction of sp³-hybridized carbons (Fsp3) is 0.368. The highest BCUT2D eigenvalue weighted by molar-refractivity contribution is 5.88. The molecule has 1 heteroatoms. The highest BCUT2D eigenvalue weighted by Crippen LogP contribution is 2.46. The average molecular weight is 514 g/mol. The second kappa shape index (κ2) is 12.2. The zero-order chi connectivity index (χ0) is 26.4. The van der Waals surface area contributed by atoms with E-state index in [4.69, 9.17) is 0 Å². The molecule has 1 nitrogen and oxygen atoms in total. The Bertz CT molecular complexity index is 1320. The molecule has 39 heavy (non-hydrogen) atoms. The molecule has 0 N–H and O–H groups in total. The maximum absolute atomic E-state index is 2.68. The smallest absolute Gasteiger partial charge is 0.0453 e. The Balaban J connectivity index is 1.24. The molecule has 0 radical (unpaired) electrons. The minimum Gasteiger partial charge on any atom is -0.341 e. The van der Waals surface area contributed by atoms with E-state index >= 15 is 0 Å². The van der Waals surface area contributed by atoms with E-state index in [2.05, 4.69) is 96.8 Å². The quantitative estimate of drug-likeness (QED) is 0.139. The van der Waals surface area contributed by atoms with Crippen molar-refractivity contribution in [1.82, 2.24) is 0 Å². The van der Waals surface area contributed by atoms with E-state index in [9.17, 15) is 0 Å². The van der Waals surface area contributed by atoms with Crippen molar-refractivity contribution >= 4 is 11.4 Å². The van der Waals surface area contributed by atoms with Gasteiger partial charge >= 0.3 is 0 Å². The lowest BCUT2D eigenvalue weighted by Gasteiger charge is -2.29. The van der Waals surface area contributed by atoms with Gasteiger partial charge in [-0.25, -0.2) is 0 Å². The van der Waals surface area contributed by atoms with Crippen LogP contribution in [0.2, 0.25) is 0 Å². The number of hydrogen-bond acceptors (Lipinski definition) is 1. The highest BCUT2D eigenvalue weighted by Gasteiger charge is 2.27. The number of hydrogen-bond donors (Lipinski definition) is 0. The summed E-state index contributed by atoms with van der Waals surface area (Å²) in [7, 11) is 0. The van der Waals surface area contributed by atoms with Crippen LogP contribution in [-0.4, -0.2) is 6.54 Å². The molecule has 0 aromatic heterocycles. The maximum Gasteiger partial charge on any atom is 0.0453 e. The van der Waals surface area contributed by atoms with Crippen molar-refractivity contribution in [1.29, 1.82) is 0 Å². The maximum atomic E-state index is 2.68.